The Labute approximate surface area is 118 Å². The maximum Gasteiger partial charge on any atom is 0.335 e. The van der Waals surface area contributed by atoms with Gasteiger partial charge >= 0.3 is 5.97 Å². The fourth-order valence-corrected chi connectivity index (χ4v) is 2.64. The van der Waals surface area contributed by atoms with E-state index in [0.717, 1.165) is 25.7 Å². The Kier molecular flexibility index (Phi) is 3.97. The van der Waals surface area contributed by atoms with Gasteiger partial charge < -0.3 is 16.2 Å². The lowest BCUT2D eigenvalue weighted by Gasteiger charge is -2.32. The summed E-state index contributed by atoms with van der Waals surface area (Å²) in [6, 6.07) is 4.35. The van der Waals surface area contributed by atoms with Crippen LogP contribution < -0.4 is 11.1 Å². The second-order valence-electron chi connectivity index (χ2n) is 5.68. The van der Waals surface area contributed by atoms with E-state index in [9.17, 15) is 9.59 Å². The van der Waals surface area contributed by atoms with E-state index in [-0.39, 0.29) is 22.6 Å². The van der Waals surface area contributed by atoms with E-state index < -0.39 is 5.97 Å². The van der Waals surface area contributed by atoms with Crippen LogP contribution >= 0.6 is 0 Å². The lowest BCUT2D eigenvalue weighted by molar-refractivity contribution is -0.126. The van der Waals surface area contributed by atoms with E-state index >= 15 is 0 Å². The number of anilines is 2. The van der Waals surface area contributed by atoms with Crippen molar-refractivity contribution in [1.29, 1.82) is 0 Å². The van der Waals surface area contributed by atoms with Crippen LogP contribution in [-0.2, 0) is 4.79 Å². The van der Waals surface area contributed by atoms with E-state index in [1.165, 1.54) is 18.6 Å². The van der Waals surface area contributed by atoms with Gasteiger partial charge in [0.05, 0.1) is 16.9 Å². The molecule has 1 amide bonds. The maximum atomic E-state index is 12.4. The summed E-state index contributed by atoms with van der Waals surface area (Å²) in [6.45, 7) is 1.98. The van der Waals surface area contributed by atoms with E-state index in [1.54, 1.807) is 6.07 Å². The largest absolute Gasteiger partial charge is 0.478 e. The Morgan fingerprint density at radius 1 is 1.25 bits per heavy atom. The number of amides is 1. The van der Waals surface area contributed by atoms with Gasteiger partial charge in [0.2, 0.25) is 5.91 Å². The molecule has 0 saturated heterocycles. The molecule has 1 aromatic carbocycles. The van der Waals surface area contributed by atoms with Gasteiger partial charge in [-0.3, -0.25) is 4.79 Å². The highest BCUT2D eigenvalue weighted by atomic mass is 16.4. The third-order valence-electron chi connectivity index (χ3n) is 4.05. The maximum absolute atomic E-state index is 12.4. The molecule has 1 saturated carbocycles. The number of carboxylic acids is 1. The molecule has 0 aliphatic heterocycles. The summed E-state index contributed by atoms with van der Waals surface area (Å²) in [4.78, 5) is 23.2. The Morgan fingerprint density at radius 2 is 1.90 bits per heavy atom. The smallest absolute Gasteiger partial charge is 0.335 e. The predicted molar refractivity (Wildman–Crippen MR) is 77.6 cm³/mol. The molecule has 0 atom stereocenters. The number of aromatic carboxylic acids is 1. The lowest BCUT2D eigenvalue weighted by atomic mass is 9.75. The summed E-state index contributed by atoms with van der Waals surface area (Å²) in [6.07, 6.45) is 5.07. The Balaban J connectivity index is 2.13. The lowest BCUT2D eigenvalue weighted by Crippen LogP contribution is -2.35. The van der Waals surface area contributed by atoms with Gasteiger partial charge in [0.1, 0.15) is 0 Å². The second kappa shape index (κ2) is 5.53. The molecule has 4 N–H and O–H groups in total. The summed E-state index contributed by atoms with van der Waals surface area (Å²) in [5, 5.41) is 11.7. The predicted octanol–water partition coefficient (Wildman–Crippen LogP) is 2.88. The number of carboxylic acid groups (broad SMARTS) is 1. The number of nitrogens with one attached hydrogen (secondary N) is 1. The topological polar surface area (TPSA) is 92.4 Å². The van der Waals surface area contributed by atoms with Crippen LogP contribution in [0.4, 0.5) is 11.4 Å². The zero-order valence-corrected chi connectivity index (χ0v) is 11.6. The Hall–Kier alpha value is -2.04. The molecule has 2 rings (SSSR count). The highest BCUT2D eigenvalue weighted by Gasteiger charge is 2.34. The van der Waals surface area contributed by atoms with Gasteiger partial charge in [-0.05, 0) is 31.0 Å². The number of carbonyl (C=O) groups is 2. The van der Waals surface area contributed by atoms with Crippen LogP contribution in [-0.4, -0.2) is 17.0 Å². The number of hydrogen-bond acceptors (Lipinski definition) is 3. The molecule has 0 aromatic heterocycles. The number of rotatable bonds is 3. The molecule has 1 aromatic rings. The SMILES string of the molecule is CC1(C(=O)Nc2ccc(C(=O)O)cc2N)CCCCC1. The van der Waals surface area contributed by atoms with Crippen molar-refractivity contribution >= 4 is 23.3 Å². The molecule has 108 valence electrons. The monoisotopic (exact) mass is 276 g/mol. The van der Waals surface area contributed by atoms with Crippen LogP contribution in [0.5, 0.6) is 0 Å². The molecule has 0 spiro atoms. The van der Waals surface area contributed by atoms with Crippen molar-refractivity contribution in [3.05, 3.63) is 23.8 Å². The minimum Gasteiger partial charge on any atom is -0.478 e. The second-order valence-corrected chi connectivity index (χ2v) is 5.68. The first-order valence-corrected chi connectivity index (χ1v) is 6.87. The first kappa shape index (κ1) is 14.4. The zero-order valence-electron chi connectivity index (χ0n) is 11.6. The summed E-state index contributed by atoms with van der Waals surface area (Å²) in [7, 11) is 0. The summed E-state index contributed by atoms with van der Waals surface area (Å²) in [5.41, 5.74) is 6.32. The third kappa shape index (κ3) is 2.92. The van der Waals surface area contributed by atoms with Crippen molar-refractivity contribution in [3.8, 4) is 0 Å². The summed E-state index contributed by atoms with van der Waals surface area (Å²) >= 11 is 0. The van der Waals surface area contributed by atoms with Crippen molar-refractivity contribution in [1.82, 2.24) is 0 Å². The third-order valence-corrected chi connectivity index (χ3v) is 4.05. The van der Waals surface area contributed by atoms with Gasteiger partial charge in [0.25, 0.3) is 0 Å². The van der Waals surface area contributed by atoms with E-state index in [4.69, 9.17) is 10.8 Å². The molecule has 0 unspecified atom stereocenters. The highest BCUT2D eigenvalue weighted by Crippen LogP contribution is 2.37. The fourth-order valence-electron chi connectivity index (χ4n) is 2.64. The summed E-state index contributed by atoms with van der Waals surface area (Å²) < 4.78 is 0. The quantitative estimate of drug-likeness (QED) is 0.740. The average Bonchev–Trinajstić information content (AvgIpc) is 2.41. The van der Waals surface area contributed by atoms with Gasteiger partial charge in [0.15, 0.2) is 0 Å². The first-order valence-electron chi connectivity index (χ1n) is 6.87. The normalized spacial score (nSPS) is 17.4. The van der Waals surface area contributed by atoms with Crippen LogP contribution in [0.2, 0.25) is 0 Å². The number of benzene rings is 1. The van der Waals surface area contributed by atoms with Crippen molar-refractivity contribution in [2.24, 2.45) is 5.41 Å². The number of hydrogen-bond donors (Lipinski definition) is 3. The molecular formula is C15H20N2O3. The first-order chi connectivity index (χ1) is 9.42. The van der Waals surface area contributed by atoms with Crippen LogP contribution in [0.3, 0.4) is 0 Å². The Morgan fingerprint density at radius 3 is 2.45 bits per heavy atom. The molecule has 0 radical (unpaired) electrons. The highest BCUT2D eigenvalue weighted by molar-refractivity contribution is 5.99. The van der Waals surface area contributed by atoms with E-state index in [2.05, 4.69) is 5.32 Å². The molecule has 5 heteroatoms. The van der Waals surface area contributed by atoms with Crippen LogP contribution in [0.1, 0.15) is 49.4 Å². The van der Waals surface area contributed by atoms with Crippen LogP contribution in [0, 0.1) is 5.41 Å². The van der Waals surface area contributed by atoms with E-state index in [0.29, 0.717) is 5.69 Å². The minimum atomic E-state index is -1.03. The summed E-state index contributed by atoms with van der Waals surface area (Å²) in [5.74, 6) is -1.07. The van der Waals surface area contributed by atoms with Crippen molar-refractivity contribution in [2.75, 3.05) is 11.1 Å². The van der Waals surface area contributed by atoms with E-state index in [1.807, 2.05) is 6.92 Å². The standard InChI is InChI=1S/C15H20N2O3/c1-15(7-3-2-4-8-15)14(20)17-12-6-5-10(13(18)19)9-11(12)16/h5-6,9H,2-4,7-8,16H2,1H3,(H,17,20)(H,18,19). The van der Waals surface area contributed by atoms with Gasteiger partial charge in [-0.15, -0.1) is 0 Å². The molecular weight excluding hydrogens is 256 g/mol. The zero-order chi connectivity index (χ0) is 14.8. The molecule has 0 bridgehead atoms. The van der Waals surface area contributed by atoms with Gasteiger partial charge in [-0.1, -0.05) is 26.2 Å². The fraction of sp³-hybridized carbons (Fsp3) is 0.467. The van der Waals surface area contributed by atoms with Crippen molar-refractivity contribution < 1.29 is 14.7 Å². The molecule has 0 heterocycles. The Bertz CT molecular complexity index is 534. The molecule has 20 heavy (non-hydrogen) atoms. The molecule has 1 aliphatic carbocycles. The molecule has 1 aliphatic rings. The minimum absolute atomic E-state index is 0.0352. The molecule has 1 fully saturated rings. The van der Waals surface area contributed by atoms with Gasteiger partial charge in [-0.2, -0.15) is 0 Å². The van der Waals surface area contributed by atoms with Gasteiger partial charge in [0, 0.05) is 5.41 Å². The van der Waals surface area contributed by atoms with Crippen molar-refractivity contribution in [3.63, 3.8) is 0 Å². The number of nitrogens with two attached hydrogens (primary N) is 1. The molecule has 5 nitrogen and oxygen atoms in total. The van der Waals surface area contributed by atoms with Crippen LogP contribution in [0.15, 0.2) is 18.2 Å². The van der Waals surface area contributed by atoms with Crippen LogP contribution in [0.25, 0.3) is 0 Å². The van der Waals surface area contributed by atoms with Gasteiger partial charge in [-0.25, -0.2) is 4.79 Å². The number of nitrogen functional groups attached to an aromatic ring is 1. The van der Waals surface area contributed by atoms with Crippen molar-refractivity contribution in [2.45, 2.75) is 39.0 Å². The number of carbonyl (C=O) groups excluding carboxylic acids is 1. The average molecular weight is 276 g/mol.